The highest BCUT2D eigenvalue weighted by molar-refractivity contribution is 6.26. The highest BCUT2D eigenvalue weighted by atomic mass is 15.1. The van der Waals surface area contributed by atoms with Crippen molar-refractivity contribution in [2.24, 2.45) is 0 Å². The van der Waals surface area contributed by atoms with Gasteiger partial charge in [-0.1, -0.05) is 146 Å². The van der Waals surface area contributed by atoms with Crippen molar-refractivity contribution in [3.63, 3.8) is 0 Å². The van der Waals surface area contributed by atoms with Gasteiger partial charge in [0.25, 0.3) is 0 Å². The lowest BCUT2D eigenvalue weighted by molar-refractivity contribution is 1.18. The Morgan fingerprint density at radius 1 is 0.315 bits per heavy atom. The summed E-state index contributed by atoms with van der Waals surface area (Å²) in [5.74, 6) is 0. The van der Waals surface area contributed by atoms with E-state index in [0.717, 1.165) is 17.1 Å². The summed E-state index contributed by atoms with van der Waals surface area (Å²) in [6, 6.07) is 75.2. The zero-order chi connectivity index (χ0) is 35.6. The number of nitrogens with zero attached hydrogens (tertiary/aromatic N) is 2. The molecule has 11 rings (SSSR count). The van der Waals surface area contributed by atoms with Crippen molar-refractivity contribution in [2.75, 3.05) is 4.90 Å². The second kappa shape index (κ2) is 12.2. The largest absolute Gasteiger partial charge is 0.310 e. The third-order valence-electron chi connectivity index (χ3n) is 11.1. The van der Waals surface area contributed by atoms with Crippen LogP contribution in [0.15, 0.2) is 206 Å². The first-order valence-electron chi connectivity index (χ1n) is 18.6. The van der Waals surface area contributed by atoms with Gasteiger partial charge in [0.15, 0.2) is 0 Å². The van der Waals surface area contributed by atoms with E-state index in [-0.39, 0.29) is 0 Å². The van der Waals surface area contributed by atoms with Gasteiger partial charge in [0.1, 0.15) is 0 Å². The van der Waals surface area contributed by atoms with Crippen molar-refractivity contribution in [3.8, 4) is 16.8 Å². The topological polar surface area (TPSA) is 8.17 Å². The molecule has 0 saturated heterocycles. The van der Waals surface area contributed by atoms with Crippen molar-refractivity contribution in [1.29, 1.82) is 0 Å². The van der Waals surface area contributed by atoms with Crippen molar-refractivity contribution in [3.05, 3.63) is 206 Å². The van der Waals surface area contributed by atoms with Gasteiger partial charge >= 0.3 is 0 Å². The summed E-state index contributed by atoms with van der Waals surface area (Å²) in [6.45, 7) is 0. The first-order valence-corrected chi connectivity index (χ1v) is 18.6. The van der Waals surface area contributed by atoms with Gasteiger partial charge in [0, 0.05) is 33.5 Å². The van der Waals surface area contributed by atoms with Crippen LogP contribution in [0.4, 0.5) is 17.1 Å². The summed E-state index contributed by atoms with van der Waals surface area (Å²) in [6.07, 6.45) is 0. The van der Waals surface area contributed by atoms with Crippen molar-refractivity contribution < 1.29 is 0 Å². The maximum Gasteiger partial charge on any atom is 0.0547 e. The number of benzene rings is 10. The molecule has 1 heterocycles. The van der Waals surface area contributed by atoms with Gasteiger partial charge in [-0.25, -0.2) is 0 Å². The average Bonchev–Trinajstić information content (AvgIpc) is 3.59. The quantitative estimate of drug-likeness (QED) is 0.164. The molecule has 11 aromatic rings. The summed E-state index contributed by atoms with van der Waals surface area (Å²) in [7, 11) is 0. The highest BCUT2D eigenvalue weighted by Crippen LogP contribution is 2.43. The van der Waals surface area contributed by atoms with Crippen LogP contribution < -0.4 is 4.90 Å². The van der Waals surface area contributed by atoms with Crippen molar-refractivity contribution in [1.82, 2.24) is 4.57 Å². The van der Waals surface area contributed by atoms with Crippen LogP contribution in [-0.2, 0) is 0 Å². The van der Waals surface area contributed by atoms with Crippen molar-refractivity contribution >= 4 is 82.0 Å². The third-order valence-corrected chi connectivity index (χ3v) is 11.1. The van der Waals surface area contributed by atoms with E-state index in [1.807, 2.05) is 0 Å². The Labute approximate surface area is 313 Å². The molecule has 10 aromatic carbocycles. The Kier molecular flexibility index (Phi) is 6.90. The van der Waals surface area contributed by atoms with Crippen LogP contribution in [0.2, 0.25) is 0 Å². The van der Waals surface area contributed by atoms with Crippen LogP contribution in [0.3, 0.4) is 0 Å². The first-order chi connectivity index (χ1) is 26.8. The molecule has 0 fully saturated rings. The van der Waals surface area contributed by atoms with E-state index in [1.54, 1.807) is 0 Å². The van der Waals surface area contributed by atoms with Gasteiger partial charge in [-0.15, -0.1) is 0 Å². The van der Waals surface area contributed by atoms with E-state index >= 15 is 0 Å². The summed E-state index contributed by atoms with van der Waals surface area (Å²) < 4.78 is 2.39. The molecule has 0 atom stereocenters. The third kappa shape index (κ3) is 4.74. The van der Waals surface area contributed by atoms with E-state index in [4.69, 9.17) is 0 Å². The fourth-order valence-electron chi connectivity index (χ4n) is 8.70. The zero-order valence-electron chi connectivity index (χ0n) is 29.5. The van der Waals surface area contributed by atoms with Crippen LogP contribution in [0.25, 0.3) is 81.7 Å². The number of hydrogen-bond donors (Lipinski definition) is 0. The Hall–Kier alpha value is -7.16. The van der Waals surface area contributed by atoms with Crippen LogP contribution in [-0.4, -0.2) is 4.57 Å². The van der Waals surface area contributed by atoms with Gasteiger partial charge in [-0.2, -0.15) is 0 Å². The minimum absolute atomic E-state index is 1.11. The van der Waals surface area contributed by atoms with Crippen LogP contribution in [0.1, 0.15) is 0 Å². The number of fused-ring (bicyclic) bond motifs is 10. The number of aromatic nitrogens is 1. The Bertz CT molecular complexity index is 3170. The molecule has 0 aliphatic rings. The molecule has 54 heavy (non-hydrogen) atoms. The predicted octanol–water partition coefficient (Wildman–Crippen LogP) is 14.5. The monoisotopic (exact) mass is 686 g/mol. The second-order valence-electron chi connectivity index (χ2n) is 14.1. The number of para-hydroxylation sites is 2. The van der Waals surface area contributed by atoms with Crippen LogP contribution >= 0.6 is 0 Å². The maximum atomic E-state index is 2.40. The summed E-state index contributed by atoms with van der Waals surface area (Å²) >= 11 is 0. The Balaban J connectivity index is 1.10. The molecule has 0 bridgehead atoms. The van der Waals surface area contributed by atoms with Gasteiger partial charge in [0.05, 0.1) is 11.0 Å². The standard InChI is InChI=1S/C52H34N2/c1-2-15-38(16-3-1)54-50-23-11-10-21-48(50)52-42(22-12-24-51(52)54)36-26-28-39(29-27-36)53(40-30-25-35-13-4-5-14-37(35)33-40)41-31-32-47-45-19-7-6-17-43(45)44-18-8-9-20-46(44)49(47)34-41/h1-34H. The van der Waals surface area contributed by atoms with E-state index in [1.165, 1.54) is 81.7 Å². The molecule has 0 saturated carbocycles. The molecular formula is C52H34N2. The van der Waals surface area contributed by atoms with Gasteiger partial charge < -0.3 is 9.47 Å². The molecule has 2 heteroatoms. The number of hydrogen-bond acceptors (Lipinski definition) is 1. The molecule has 0 spiro atoms. The number of rotatable bonds is 5. The molecule has 0 aliphatic carbocycles. The molecule has 0 N–H and O–H groups in total. The Morgan fingerprint density at radius 2 is 0.852 bits per heavy atom. The molecule has 2 nitrogen and oxygen atoms in total. The molecular weight excluding hydrogens is 653 g/mol. The van der Waals surface area contributed by atoms with Crippen LogP contribution in [0.5, 0.6) is 0 Å². The van der Waals surface area contributed by atoms with E-state index in [0.29, 0.717) is 0 Å². The molecule has 0 unspecified atom stereocenters. The molecule has 0 radical (unpaired) electrons. The second-order valence-corrected chi connectivity index (χ2v) is 14.1. The van der Waals surface area contributed by atoms with Gasteiger partial charge in [-0.3, -0.25) is 0 Å². The molecule has 0 aliphatic heterocycles. The SMILES string of the molecule is c1ccc(-n2c3ccccc3c3c(-c4ccc(N(c5ccc6ccccc6c5)c5ccc6c7ccccc7c7ccccc7c6c5)cc4)cccc32)cc1. The predicted molar refractivity (Wildman–Crippen MR) is 231 cm³/mol. The van der Waals surface area contributed by atoms with E-state index in [2.05, 4.69) is 216 Å². The normalized spacial score (nSPS) is 11.7. The summed E-state index contributed by atoms with van der Waals surface area (Å²) in [5.41, 5.74) is 9.36. The highest BCUT2D eigenvalue weighted by Gasteiger charge is 2.19. The summed E-state index contributed by atoms with van der Waals surface area (Å²) in [4.78, 5) is 2.40. The lowest BCUT2D eigenvalue weighted by Crippen LogP contribution is -2.10. The van der Waals surface area contributed by atoms with Gasteiger partial charge in [-0.05, 0) is 115 Å². The van der Waals surface area contributed by atoms with Gasteiger partial charge in [0.2, 0.25) is 0 Å². The smallest absolute Gasteiger partial charge is 0.0547 e. The average molecular weight is 687 g/mol. The van der Waals surface area contributed by atoms with Crippen molar-refractivity contribution in [2.45, 2.75) is 0 Å². The van der Waals surface area contributed by atoms with E-state index in [9.17, 15) is 0 Å². The maximum absolute atomic E-state index is 2.40. The lowest BCUT2D eigenvalue weighted by Gasteiger charge is -2.27. The molecule has 0 amide bonds. The van der Waals surface area contributed by atoms with E-state index < -0.39 is 0 Å². The molecule has 252 valence electrons. The lowest BCUT2D eigenvalue weighted by atomic mass is 9.94. The molecule has 1 aromatic heterocycles. The Morgan fingerprint density at radius 3 is 1.59 bits per heavy atom. The minimum atomic E-state index is 1.11. The zero-order valence-corrected chi connectivity index (χ0v) is 29.5. The minimum Gasteiger partial charge on any atom is -0.310 e. The first kappa shape index (κ1) is 30.5. The number of anilines is 3. The van der Waals surface area contributed by atoms with Crippen LogP contribution in [0, 0.1) is 0 Å². The summed E-state index contributed by atoms with van der Waals surface area (Å²) in [5, 5.41) is 12.6. The fraction of sp³-hybridized carbons (Fsp3) is 0. The fourth-order valence-corrected chi connectivity index (χ4v) is 8.70.